The van der Waals surface area contributed by atoms with Crippen LogP contribution in [0.4, 0.5) is 5.69 Å². The van der Waals surface area contributed by atoms with Crippen molar-refractivity contribution < 1.29 is 4.79 Å². The second-order valence-corrected chi connectivity index (χ2v) is 6.85. The lowest BCUT2D eigenvalue weighted by atomic mass is 10.0. The Labute approximate surface area is 130 Å². The van der Waals surface area contributed by atoms with Crippen LogP contribution in [-0.2, 0) is 11.2 Å². The molecule has 0 spiro atoms. The van der Waals surface area contributed by atoms with Crippen LogP contribution in [0.25, 0.3) is 0 Å². The van der Waals surface area contributed by atoms with Gasteiger partial charge in [0, 0.05) is 17.0 Å². The van der Waals surface area contributed by atoms with Gasteiger partial charge in [0.25, 0.3) is 0 Å². The summed E-state index contributed by atoms with van der Waals surface area (Å²) in [5.41, 5.74) is 5.45. The van der Waals surface area contributed by atoms with Gasteiger partial charge in [0.15, 0.2) is 0 Å². The van der Waals surface area contributed by atoms with Crippen molar-refractivity contribution in [2.45, 2.75) is 47.5 Å². The molecule has 0 fully saturated rings. The van der Waals surface area contributed by atoms with E-state index in [9.17, 15) is 4.79 Å². The maximum absolute atomic E-state index is 12.2. The van der Waals surface area contributed by atoms with E-state index < -0.39 is 0 Å². The van der Waals surface area contributed by atoms with E-state index in [4.69, 9.17) is 0 Å². The second-order valence-electron chi connectivity index (χ2n) is 5.56. The van der Waals surface area contributed by atoms with Gasteiger partial charge in [-0.1, -0.05) is 17.7 Å². The van der Waals surface area contributed by atoms with Gasteiger partial charge in [-0.15, -0.1) is 11.3 Å². The summed E-state index contributed by atoms with van der Waals surface area (Å²) in [5.74, 6) is 0.0653. The quantitative estimate of drug-likeness (QED) is 0.917. The maximum atomic E-state index is 12.2. The average molecular weight is 302 g/mol. The van der Waals surface area contributed by atoms with E-state index in [0.717, 1.165) is 33.9 Å². The number of nitrogens with zero attached hydrogens (tertiary/aromatic N) is 1. The van der Waals surface area contributed by atoms with Crippen molar-refractivity contribution in [1.29, 1.82) is 0 Å². The lowest BCUT2D eigenvalue weighted by Gasteiger charge is -2.12. The summed E-state index contributed by atoms with van der Waals surface area (Å²) >= 11 is 1.68. The molecule has 2 rings (SSSR count). The summed E-state index contributed by atoms with van der Waals surface area (Å²) in [6.45, 7) is 10.1. The highest BCUT2D eigenvalue weighted by Crippen LogP contribution is 2.23. The number of carbonyl (C=O) groups is 1. The zero-order valence-corrected chi connectivity index (χ0v) is 14.1. The third-order valence-electron chi connectivity index (χ3n) is 3.52. The van der Waals surface area contributed by atoms with Crippen molar-refractivity contribution in [3.8, 4) is 0 Å². The Morgan fingerprint density at radius 2 is 1.76 bits per heavy atom. The zero-order chi connectivity index (χ0) is 15.6. The fraction of sp³-hybridized carbons (Fsp3) is 0.412. The van der Waals surface area contributed by atoms with Crippen molar-refractivity contribution in [2.24, 2.45) is 0 Å². The Morgan fingerprint density at radius 3 is 2.29 bits per heavy atom. The SMILES string of the molecule is Cc1cc(C)c(NC(=O)CCc2sc(C)nc2C)c(C)c1. The third-order valence-corrected chi connectivity index (χ3v) is 4.65. The highest BCUT2D eigenvalue weighted by Gasteiger charge is 2.11. The maximum Gasteiger partial charge on any atom is 0.224 e. The van der Waals surface area contributed by atoms with Gasteiger partial charge in [-0.05, 0) is 52.2 Å². The molecule has 0 aliphatic heterocycles. The summed E-state index contributed by atoms with van der Waals surface area (Å²) in [4.78, 5) is 17.8. The topological polar surface area (TPSA) is 42.0 Å². The Hall–Kier alpha value is -1.68. The fourth-order valence-corrected chi connectivity index (χ4v) is 3.55. The van der Waals surface area contributed by atoms with Crippen molar-refractivity contribution in [3.05, 3.63) is 44.4 Å². The molecule has 1 aromatic heterocycles. The number of thiazole rings is 1. The Kier molecular flexibility index (Phi) is 4.78. The number of anilines is 1. The molecule has 3 nitrogen and oxygen atoms in total. The first-order valence-electron chi connectivity index (χ1n) is 7.17. The average Bonchev–Trinajstić information content (AvgIpc) is 2.69. The van der Waals surface area contributed by atoms with Crippen LogP contribution in [0, 0.1) is 34.6 Å². The number of carbonyl (C=O) groups excluding carboxylic acids is 1. The molecule has 1 N–H and O–H groups in total. The number of aryl methyl sites for hydroxylation is 6. The largest absolute Gasteiger partial charge is 0.326 e. The molecule has 0 saturated carbocycles. The Bertz CT molecular complexity index is 650. The number of hydrogen-bond acceptors (Lipinski definition) is 3. The molecular formula is C17H22N2OS. The predicted molar refractivity (Wildman–Crippen MR) is 89.2 cm³/mol. The second kappa shape index (κ2) is 6.39. The summed E-state index contributed by atoms with van der Waals surface area (Å²) in [6, 6.07) is 4.19. The molecule has 21 heavy (non-hydrogen) atoms. The van der Waals surface area contributed by atoms with Gasteiger partial charge in [0.2, 0.25) is 5.91 Å². The number of aromatic nitrogens is 1. The molecule has 0 atom stereocenters. The van der Waals surface area contributed by atoms with E-state index in [0.29, 0.717) is 6.42 Å². The van der Waals surface area contributed by atoms with E-state index in [1.165, 1.54) is 10.4 Å². The molecule has 0 aliphatic rings. The first-order chi connectivity index (χ1) is 9.86. The Balaban J connectivity index is 2.01. The monoisotopic (exact) mass is 302 g/mol. The number of benzene rings is 1. The van der Waals surface area contributed by atoms with E-state index in [-0.39, 0.29) is 5.91 Å². The highest BCUT2D eigenvalue weighted by molar-refractivity contribution is 7.11. The molecule has 0 radical (unpaired) electrons. The van der Waals surface area contributed by atoms with E-state index in [1.54, 1.807) is 11.3 Å². The van der Waals surface area contributed by atoms with Crippen molar-refractivity contribution >= 4 is 22.9 Å². The predicted octanol–water partition coefficient (Wildman–Crippen LogP) is 4.26. The number of nitrogens with one attached hydrogen (secondary N) is 1. The molecule has 0 saturated heterocycles. The summed E-state index contributed by atoms with van der Waals surface area (Å²) in [5, 5.41) is 4.11. The lowest BCUT2D eigenvalue weighted by molar-refractivity contribution is -0.116. The molecule has 4 heteroatoms. The van der Waals surface area contributed by atoms with Gasteiger partial charge in [0.05, 0.1) is 10.7 Å². The van der Waals surface area contributed by atoms with Crippen LogP contribution in [0.2, 0.25) is 0 Å². The van der Waals surface area contributed by atoms with Crippen LogP contribution in [0.3, 0.4) is 0 Å². The molecule has 1 amide bonds. The summed E-state index contributed by atoms with van der Waals surface area (Å²) in [7, 11) is 0. The summed E-state index contributed by atoms with van der Waals surface area (Å²) in [6.07, 6.45) is 1.25. The first kappa shape index (κ1) is 15.7. The standard InChI is InChI=1S/C17H22N2OS/c1-10-8-11(2)17(12(3)9-10)19-16(20)7-6-15-13(4)18-14(5)21-15/h8-9H,6-7H2,1-5H3,(H,19,20). The highest BCUT2D eigenvalue weighted by atomic mass is 32.1. The van der Waals surface area contributed by atoms with Crippen LogP contribution in [0.1, 0.15) is 38.7 Å². The van der Waals surface area contributed by atoms with Crippen LogP contribution in [0.15, 0.2) is 12.1 Å². The molecule has 0 unspecified atom stereocenters. The van der Waals surface area contributed by atoms with Gasteiger partial charge < -0.3 is 5.32 Å². The molecule has 112 valence electrons. The fourth-order valence-electron chi connectivity index (χ4n) is 2.61. The molecular weight excluding hydrogens is 280 g/mol. The van der Waals surface area contributed by atoms with Gasteiger partial charge in [-0.2, -0.15) is 0 Å². The lowest BCUT2D eigenvalue weighted by Crippen LogP contribution is -2.14. The van der Waals surface area contributed by atoms with Crippen molar-refractivity contribution in [1.82, 2.24) is 4.98 Å². The summed E-state index contributed by atoms with van der Waals surface area (Å²) < 4.78 is 0. The minimum absolute atomic E-state index is 0.0653. The first-order valence-corrected chi connectivity index (χ1v) is 7.99. The number of amides is 1. The molecule has 1 heterocycles. The van der Waals surface area contributed by atoms with E-state index >= 15 is 0 Å². The van der Waals surface area contributed by atoms with Gasteiger partial charge in [-0.3, -0.25) is 4.79 Å². The molecule has 2 aromatic rings. The van der Waals surface area contributed by atoms with Gasteiger partial charge in [0.1, 0.15) is 0 Å². The number of hydrogen-bond donors (Lipinski definition) is 1. The molecule has 1 aromatic carbocycles. The van der Waals surface area contributed by atoms with Crippen molar-refractivity contribution in [2.75, 3.05) is 5.32 Å². The zero-order valence-electron chi connectivity index (χ0n) is 13.3. The van der Waals surface area contributed by atoms with E-state index in [2.05, 4.69) is 29.4 Å². The van der Waals surface area contributed by atoms with Gasteiger partial charge >= 0.3 is 0 Å². The third kappa shape index (κ3) is 3.91. The normalized spacial score (nSPS) is 10.7. The molecule has 0 aliphatic carbocycles. The van der Waals surface area contributed by atoms with Crippen LogP contribution in [0.5, 0.6) is 0 Å². The van der Waals surface area contributed by atoms with Crippen LogP contribution < -0.4 is 5.32 Å². The minimum Gasteiger partial charge on any atom is -0.326 e. The molecule has 0 bridgehead atoms. The van der Waals surface area contributed by atoms with E-state index in [1.807, 2.05) is 27.7 Å². The van der Waals surface area contributed by atoms with Crippen molar-refractivity contribution in [3.63, 3.8) is 0 Å². The Morgan fingerprint density at radius 1 is 1.14 bits per heavy atom. The minimum atomic E-state index is 0.0653. The van der Waals surface area contributed by atoms with Gasteiger partial charge in [-0.25, -0.2) is 4.98 Å². The number of rotatable bonds is 4. The van der Waals surface area contributed by atoms with Crippen LogP contribution in [-0.4, -0.2) is 10.9 Å². The smallest absolute Gasteiger partial charge is 0.224 e. The van der Waals surface area contributed by atoms with Crippen LogP contribution >= 0.6 is 11.3 Å².